The van der Waals surface area contributed by atoms with E-state index in [1.165, 1.54) is 18.3 Å². The molecule has 0 bridgehead atoms. The number of hydrogen-bond acceptors (Lipinski definition) is 4. The normalized spacial score (nSPS) is 11.0. The van der Waals surface area contributed by atoms with Crippen molar-refractivity contribution in [3.05, 3.63) is 70.5 Å². The van der Waals surface area contributed by atoms with Gasteiger partial charge in [0.05, 0.1) is 11.3 Å². The lowest BCUT2D eigenvalue weighted by Crippen LogP contribution is -2.05. The summed E-state index contributed by atoms with van der Waals surface area (Å²) < 4.78 is 0. The number of anilines is 1. The lowest BCUT2D eigenvalue weighted by molar-refractivity contribution is -0.114. The number of hydrogen-bond donors (Lipinski definition) is 1. The Bertz CT molecular complexity index is 951. The predicted molar refractivity (Wildman–Crippen MR) is 102 cm³/mol. The summed E-state index contributed by atoms with van der Waals surface area (Å²) in [6.07, 6.45) is 1.80. The van der Waals surface area contributed by atoms with Crippen molar-refractivity contribution in [2.75, 3.05) is 5.32 Å². The fourth-order valence-corrected chi connectivity index (χ4v) is 3.11. The minimum Gasteiger partial charge on any atom is -0.326 e. The van der Waals surface area contributed by atoms with Crippen molar-refractivity contribution in [3.63, 3.8) is 0 Å². The second-order valence-electron chi connectivity index (χ2n) is 5.38. The molecular weight excluding hydrogens is 330 g/mol. The molecule has 122 valence electrons. The van der Waals surface area contributed by atoms with Crippen LogP contribution in [0.5, 0.6) is 0 Å². The van der Waals surface area contributed by atoms with Gasteiger partial charge in [-0.15, -0.1) is 11.3 Å². The van der Waals surface area contributed by atoms with Crippen LogP contribution in [0, 0.1) is 11.3 Å². The van der Waals surface area contributed by atoms with Crippen molar-refractivity contribution < 1.29 is 4.79 Å². The Hall–Kier alpha value is -3.23. The van der Waals surface area contributed by atoms with E-state index in [1.54, 1.807) is 18.2 Å². The monoisotopic (exact) mass is 345 g/mol. The van der Waals surface area contributed by atoms with Gasteiger partial charge >= 0.3 is 0 Å². The molecule has 1 aromatic heterocycles. The first kappa shape index (κ1) is 16.6. The molecule has 25 heavy (non-hydrogen) atoms. The number of nitriles is 1. The van der Waals surface area contributed by atoms with Crippen LogP contribution in [-0.4, -0.2) is 10.9 Å². The molecule has 5 heteroatoms. The lowest BCUT2D eigenvalue weighted by atomic mass is 10.1. The van der Waals surface area contributed by atoms with Gasteiger partial charge < -0.3 is 5.32 Å². The minimum absolute atomic E-state index is 0.114. The highest BCUT2D eigenvalue weighted by Gasteiger charge is 2.09. The molecule has 4 nitrogen and oxygen atoms in total. The maximum absolute atomic E-state index is 11.1. The van der Waals surface area contributed by atoms with Crippen molar-refractivity contribution >= 4 is 34.6 Å². The summed E-state index contributed by atoms with van der Waals surface area (Å²) in [6, 6.07) is 19.4. The molecule has 0 aliphatic carbocycles. The Morgan fingerprint density at radius 3 is 2.52 bits per heavy atom. The zero-order chi connectivity index (χ0) is 17.6. The van der Waals surface area contributed by atoms with Gasteiger partial charge in [-0.25, -0.2) is 4.98 Å². The number of nitrogens with one attached hydrogen (secondary N) is 1. The predicted octanol–water partition coefficient (Wildman–Crippen LogP) is 4.83. The van der Waals surface area contributed by atoms with E-state index in [-0.39, 0.29) is 5.91 Å². The van der Waals surface area contributed by atoms with Crippen molar-refractivity contribution in [3.8, 4) is 17.3 Å². The van der Waals surface area contributed by atoms with Crippen LogP contribution in [-0.2, 0) is 4.79 Å². The van der Waals surface area contributed by atoms with Crippen LogP contribution in [0.3, 0.4) is 0 Å². The average molecular weight is 345 g/mol. The third kappa shape index (κ3) is 4.19. The average Bonchev–Trinajstić information content (AvgIpc) is 3.11. The standard InChI is InChI=1S/C20H15N3OS/c1-14(24)22-18-9-7-15(8-10-18)11-17(12-21)20-23-19(13-25-20)16-5-3-2-4-6-16/h2-11,13H,1H3,(H,22,24)/b17-11-. The fraction of sp³-hybridized carbons (Fsp3) is 0.0500. The molecule has 1 amide bonds. The van der Waals surface area contributed by atoms with Gasteiger partial charge in [0.1, 0.15) is 11.1 Å². The van der Waals surface area contributed by atoms with E-state index in [9.17, 15) is 10.1 Å². The van der Waals surface area contributed by atoms with Crippen LogP contribution >= 0.6 is 11.3 Å². The quantitative estimate of drug-likeness (QED) is 0.689. The molecule has 0 saturated heterocycles. The maximum Gasteiger partial charge on any atom is 0.221 e. The number of thiazole rings is 1. The summed E-state index contributed by atoms with van der Waals surface area (Å²) in [5, 5.41) is 14.8. The summed E-state index contributed by atoms with van der Waals surface area (Å²) >= 11 is 1.45. The molecular formula is C20H15N3OS. The van der Waals surface area contributed by atoms with E-state index in [0.29, 0.717) is 10.6 Å². The SMILES string of the molecule is CC(=O)Nc1ccc(/C=C(/C#N)c2nc(-c3ccccc3)cs2)cc1. The summed E-state index contributed by atoms with van der Waals surface area (Å²) in [7, 11) is 0. The fourth-order valence-electron chi connectivity index (χ4n) is 2.31. The highest BCUT2D eigenvalue weighted by atomic mass is 32.1. The highest BCUT2D eigenvalue weighted by molar-refractivity contribution is 7.11. The van der Waals surface area contributed by atoms with E-state index in [4.69, 9.17) is 0 Å². The number of benzene rings is 2. The van der Waals surface area contributed by atoms with Gasteiger partial charge in [0.25, 0.3) is 0 Å². The van der Waals surface area contributed by atoms with Crippen molar-refractivity contribution in [1.29, 1.82) is 5.26 Å². The van der Waals surface area contributed by atoms with Crippen LogP contribution < -0.4 is 5.32 Å². The topological polar surface area (TPSA) is 65.8 Å². The number of rotatable bonds is 4. The zero-order valence-electron chi connectivity index (χ0n) is 13.6. The molecule has 1 heterocycles. The van der Waals surface area contributed by atoms with Crippen molar-refractivity contribution in [2.24, 2.45) is 0 Å². The smallest absolute Gasteiger partial charge is 0.221 e. The van der Waals surface area contributed by atoms with Gasteiger partial charge in [0.15, 0.2) is 0 Å². The molecule has 0 aliphatic heterocycles. The number of amides is 1. The Balaban J connectivity index is 1.85. The maximum atomic E-state index is 11.1. The number of carbonyl (C=O) groups is 1. The van der Waals surface area contributed by atoms with Crippen LogP contribution in [0.4, 0.5) is 5.69 Å². The van der Waals surface area contributed by atoms with Gasteiger partial charge in [-0.2, -0.15) is 5.26 Å². The van der Waals surface area contributed by atoms with Crippen molar-refractivity contribution in [2.45, 2.75) is 6.92 Å². The first-order valence-electron chi connectivity index (χ1n) is 7.66. The molecule has 2 aromatic carbocycles. The Morgan fingerprint density at radius 1 is 1.16 bits per heavy atom. The van der Waals surface area contributed by atoms with E-state index >= 15 is 0 Å². The highest BCUT2D eigenvalue weighted by Crippen LogP contribution is 2.27. The van der Waals surface area contributed by atoms with Crippen LogP contribution in [0.2, 0.25) is 0 Å². The molecule has 0 fully saturated rings. The largest absolute Gasteiger partial charge is 0.326 e. The minimum atomic E-state index is -0.114. The second-order valence-corrected chi connectivity index (χ2v) is 6.24. The van der Waals surface area contributed by atoms with E-state index in [2.05, 4.69) is 16.4 Å². The van der Waals surface area contributed by atoms with Crippen LogP contribution in [0.15, 0.2) is 60.0 Å². The molecule has 0 unspecified atom stereocenters. The van der Waals surface area contributed by atoms with E-state index in [1.807, 2.05) is 47.8 Å². The summed E-state index contributed by atoms with van der Waals surface area (Å²) in [5.74, 6) is -0.114. The number of allylic oxidation sites excluding steroid dienone is 1. The summed E-state index contributed by atoms with van der Waals surface area (Å²) in [4.78, 5) is 15.6. The first-order valence-corrected chi connectivity index (χ1v) is 8.54. The molecule has 0 spiro atoms. The van der Waals surface area contributed by atoms with Gasteiger partial charge in [-0.3, -0.25) is 4.79 Å². The summed E-state index contributed by atoms with van der Waals surface area (Å²) in [5.41, 5.74) is 4.01. The Labute approximate surface area is 150 Å². The van der Waals surface area contributed by atoms with Gasteiger partial charge in [0, 0.05) is 23.6 Å². The molecule has 0 radical (unpaired) electrons. The molecule has 0 aliphatic rings. The zero-order valence-corrected chi connectivity index (χ0v) is 14.4. The molecule has 0 atom stereocenters. The number of carbonyl (C=O) groups excluding carboxylic acids is 1. The van der Waals surface area contributed by atoms with Crippen LogP contribution in [0.25, 0.3) is 22.9 Å². The lowest BCUT2D eigenvalue weighted by Gasteiger charge is -2.02. The van der Waals surface area contributed by atoms with Crippen molar-refractivity contribution in [1.82, 2.24) is 4.98 Å². The third-order valence-corrected chi connectivity index (χ3v) is 4.34. The molecule has 0 saturated carbocycles. The Morgan fingerprint density at radius 2 is 1.88 bits per heavy atom. The second kappa shape index (κ2) is 7.56. The first-order chi connectivity index (χ1) is 12.2. The number of aromatic nitrogens is 1. The molecule has 3 aromatic rings. The third-order valence-electron chi connectivity index (χ3n) is 3.47. The summed E-state index contributed by atoms with van der Waals surface area (Å²) in [6.45, 7) is 1.47. The van der Waals surface area contributed by atoms with Gasteiger partial charge in [0.2, 0.25) is 5.91 Å². The molecule has 3 rings (SSSR count). The Kier molecular flexibility index (Phi) is 5.03. The van der Waals surface area contributed by atoms with E-state index < -0.39 is 0 Å². The molecule has 1 N–H and O–H groups in total. The van der Waals surface area contributed by atoms with Gasteiger partial charge in [-0.05, 0) is 23.8 Å². The van der Waals surface area contributed by atoms with E-state index in [0.717, 1.165) is 22.5 Å². The van der Waals surface area contributed by atoms with Crippen LogP contribution in [0.1, 0.15) is 17.5 Å². The number of nitrogens with zero attached hydrogens (tertiary/aromatic N) is 2. The van der Waals surface area contributed by atoms with Gasteiger partial charge in [-0.1, -0.05) is 42.5 Å².